The summed E-state index contributed by atoms with van der Waals surface area (Å²) in [5.74, 6) is 0.970. The van der Waals surface area contributed by atoms with Gasteiger partial charge in [-0.1, -0.05) is 38.5 Å². The van der Waals surface area contributed by atoms with Crippen molar-refractivity contribution in [3.05, 3.63) is 57.8 Å². The highest BCUT2D eigenvalue weighted by atomic mass is 16.5. The van der Waals surface area contributed by atoms with Gasteiger partial charge in [0.25, 0.3) is 11.5 Å². The molecule has 2 aromatic rings. The number of hydrogen-bond donors (Lipinski definition) is 1. The fraction of sp³-hybridized carbons (Fsp3) is 0.522. The number of ether oxygens (including phenoxy) is 1. The molecule has 0 bridgehead atoms. The number of nitrogens with one attached hydrogen (secondary N) is 1. The molecule has 6 heteroatoms. The lowest BCUT2D eigenvalue weighted by atomic mass is 9.85. The highest BCUT2D eigenvalue weighted by Gasteiger charge is 2.25. The van der Waals surface area contributed by atoms with Gasteiger partial charge >= 0.3 is 0 Å². The van der Waals surface area contributed by atoms with E-state index in [1.807, 2.05) is 19.1 Å². The quantitative estimate of drug-likeness (QED) is 0.778. The topological polar surface area (TPSA) is 73.2 Å². The van der Waals surface area contributed by atoms with Crippen LogP contribution in [0.5, 0.6) is 5.75 Å². The van der Waals surface area contributed by atoms with E-state index in [0.717, 1.165) is 35.4 Å². The minimum absolute atomic E-state index is 0.0741. The van der Waals surface area contributed by atoms with E-state index in [9.17, 15) is 9.59 Å². The zero-order valence-corrected chi connectivity index (χ0v) is 18.0. The van der Waals surface area contributed by atoms with Crippen LogP contribution in [0, 0.1) is 6.92 Å². The van der Waals surface area contributed by atoms with Crippen LogP contribution in [0.3, 0.4) is 0 Å². The van der Waals surface area contributed by atoms with Crippen molar-refractivity contribution in [2.45, 2.75) is 71.4 Å². The summed E-state index contributed by atoms with van der Waals surface area (Å²) in [6, 6.07) is 7.62. The van der Waals surface area contributed by atoms with Gasteiger partial charge in [-0.2, -0.15) is 0 Å². The van der Waals surface area contributed by atoms with E-state index in [0.29, 0.717) is 19.0 Å². The third-order valence-electron chi connectivity index (χ3n) is 5.16. The monoisotopic (exact) mass is 397 g/mol. The van der Waals surface area contributed by atoms with Crippen LogP contribution in [0.4, 0.5) is 0 Å². The van der Waals surface area contributed by atoms with Gasteiger partial charge < -0.3 is 10.1 Å². The van der Waals surface area contributed by atoms with Crippen molar-refractivity contribution in [2.75, 3.05) is 6.54 Å². The molecule has 3 rings (SSSR count). The number of aryl methyl sites for hydroxylation is 1. The number of aromatic nitrogens is 2. The number of nitrogens with zero attached hydrogens (tertiary/aromatic N) is 2. The molecular weight excluding hydrogens is 366 g/mol. The van der Waals surface area contributed by atoms with Gasteiger partial charge in [0.2, 0.25) is 0 Å². The second-order valence-corrected chi connectivity index (χ2v) is 8.92. The van der Waals surface area contributed by atoms with Crippen LogP contribution >= 0.6 is 0 Å². The van der Waals surface area contributed by atoms with Crippen LogP contribution in [0.2, 0.25) is 0 Å². The van der Waals surface area contributed by atoms with Crippen molar-refractivity contribution in [2.24, 2.45) is 0 Å². The first-order valence-electron chi connectivity index (χ1n) is 10.3. The van der Waals surface area contributed by atoms with E-state index in [2.05, 4.69) is 37.1 Å². The highest BCUT2D eigenvalue weighted by Crippen LogP contribution is 2.38. The SMILES string of the molecule is Cc1ccc(OC(C)C(=O)NCCn2cnc(C3CC3)cc2=O)c(C(C)(C)C)c1. The maximum absolute atomic E-state index is 12.5. The molecule has 1 aliphatic carbocycles. The van der Waals surface area contributed by atoms with Crippen LogP contribution in [0.1, 0.15) is 63.3 Å². The Labute approximate surface area is 172 Å². The standard InChI is InChI=1S/C23H31N3O3/c1-15-6-9-20(18(12-15)23(3,4)5)29-16(2)22(28)24-10-11-26-14-25-19(13-21(26)27)17-7-8-17/h6,9,12-14,16-17H,7-8,10-11H2,1-5H3,(H,24,28). The van der Waals surface area contributed by atoms with Crippen LogP contribution in [0.25, 0.3) is 0 Å². The fourth-order valence-electron chi connectivity index (χ4n) is 3.23. The van der Waals surface area contributed by atoms with Gasteiger partial charge in [0.1, 0.15) is 5.75 Å². The molecule has 156 valence electrons. The summed E-state index contributed by atoms with van der Waals surface area (Å²) in [7, 11) is 0. The van der Waals surface area contributed by atoms with Gasteiger partial charge in [-0.15, -0.1) is 0 Å². The van der Waals surface area contributed by atoms with E-state index in [-0.39, 0.29) is 16.9 Å². The molecule has 1 amide bonds. The summed E-state index contributed by atoms with van der Waals surface area (Å²) >= 11 is 0. The molecule has 1 N–H and O–H groups in total. The molecule has 0 aliphatic heterocycles. The van der Waals surface area contributed by atoms with Gasteiger partial charge in [-0.3, -0.25) is 14.2 Å². The Kier molecular flexibility index (Phi) is 6.10. The second kappa shape index (κ2) is 8.39. The van der Waals surface area contributed by atoms with Crippen molar-refractivity contribution in [3.63, 3.8) is 0 Å². The van der Waals surface area contributed by atoms with E-state index in [4.69, 9.17) is 4.74 Å². The van der Waals surface area contributed by atoms with Crippen molar-refractivity contribution < 1.29 is 9.53 Å². The molecule has 1 heterocycles. The van der Waals surface area contributed by atoms with Gasteiger partial charge in [0.05, 0.1) is 12.0 Å². The molecule has 0 saturated heterocycles. The molecule has 1 fully saturated rings. The van der Waals surface area contributed by atoms with Crippen LogP contribution in [-0.2, 0) is 16.8 Å². The number of carbonyl (C=O) groups excluding carboxylic acids is 1. The van der Waals surface area contributed by atoms with Gasteiger partial charge in [0, 0.05) is 25.1 Å². The zero-order chi connectivity index (χ0) is 21.2. The zero-order valence-electron chi connectivity index (χ0n) is 18.0. The summed E-state index contributed by atoms with van der Waals surface area (Å²) in [5, 5.41) is 2.85. The highest BCUT2D eigenvalue weighted by molar-refractivity contribution is 5.80. The Hall–Kier alpha value is -2.63. The fourth-order valence-corrected chi connectivity index (χ4v) is 3.23. The molecule has 1 atom stereocenters. The minimum Gasteiger partial charge on any atom is -0.481 e. The molecule has 1 saturated carbocycles. The smallest absolute Gasteiger partial charge is 0.260 e. The Morgan fingerprint density at radius 3 is 2.66 bits per heavy atom. The predicted octanol–water partition coefficient (Wildman–Crippen LogP) is 3.31. The Balaban J connectivity index is 1.56. The number of hydrogen-bond acceptors (Lipinski definition) is 4. The molecule has 29 heavy (non-hydrogen) atoms. The summed E-state index contributed by atoms with van der Waals surface area (Å²) < 4.78 is 7.49. The van der Waals surface area contributed by atoms with Gasteiger partial charge in [-0.25, -0.2) is 4.98 Å². The average molecular weight is 398 g/mol. The van der Waals surface area contributed by atoms with E-state index >= 15 is 0 Å². The van der Waals surface area contributed by atoms with Gasteiger partial charge in [-0.05, 0) is 43.7 Å². The maximum Gasteiger partial charge on any atom is 0.260 e. The molecule has 1 aromatic heterocycles. The number of carbonyl (C=O) groups is 1. The van der Waals surface area contributed by atoms with Gasteiger partial charge in [0.15, 0.2) is 6.10 Å². The average Bonchev–Trinajstić information content (AvgIpc) is 3.48. The third-order valence-corrected chi connectivity index (χ3v) is 5.16. The van der Waals surface area contributed by atoms with Crippen molar-refractivity contribution in [3.8, 4) is 5.75 Å². The van der Waals surface area contributed by atoms with Crippen LogP contribution in [-0.4, -0.2) is 28.1 Å². The Morgan fingerprint density at radius 1 is 1.31 bits per heavy atom. The largest absolute Gasteiger partial charge is 0.481 e. The van der Waals surface area contributed by atoms with E-state index in [1.165, 1.54) is 4.57 Å². The van der Waals surface area contributed by atoms with E-state index < -0.39 is 6.10 Å². The van der Waals surface area contributed by atoms with E-state index in [1.54, 1.807) is 19.3 Å². The number of amides is 1. The molecule has 1 aliphatic rings. The minimum atomic E-state index is -0.633. The third kappa shape index (κ3) is 5.46. The first-order valence-corrected chi connectivity index (χ1v) is 10.3. The molecule has 0 radical (unpaired) electrons. The lowest BCUT2D eigenvalue weighted by Gasteiger charge is -2.25. The summed E-state index contributed by atoms with van der Waals surface area (Å²) in [6.07, 6.45) is 3.17. The summed E-state index contributed by atoms with van der Waals surface area (Å²) in [6.45, 7) is 10.9. The van der Waals surface area contributed by atoms with Crippen molar-refractivity contribution in [1.29, 1.82) is 0 Å². The predicted molar refractivity (Wildman–Crippen MR) is 113 cm³/mol. The second-order valence-electron chi connectivity index (χ2n) is 8.92. The first kappa shape index (κ1) is 21.1. The lowest BCUT2D eigenvalue weighted by molar-refractivity contribution is -0.127. The summed E-state index contributed by atoms with van der Waals surface area (Å²) in [4.78, 5) is 29.0. The lowest BCUT2D eigenvalue weighted by Crippen LogP contribution is -2.39. The molecule has 0 spiro atoms. The molecule has 1 unspecified atom stereocenters. The normalized spacial score (nSPS) is 15.1. The van der Waals surface area contributed by atoms with Crippen molar-refractivity contribution >= 4 is 5.91 Å². The maximum atomic E-state index is 12.5. The van der Waals surface area contributed by atoms with Crippen LogP contribution in [0.15, 0.2) is 35.4 Å². The van der Waals surface area contributed by atoms with Crippen LogP contribution < -0.4 is 15.6 Å². The molecular formula is C23H31N3O3. The first-order chi connectivity index (χ1) is 13.6. The molecule has 1 aromatic carbocycles. The Bertz CT molecular complexity index is 939. The number of benzene rings is 1. The number of rotatable bonds is 7. The molecule has 6 nitrogen and oxygen atoms in total. The van der Waals surface area contributed by atoms with Crippen molar-refractivity contribution in [1.82, 2.24) is 14.9 Å². The Morgan fingerprint density at radius 2 is 2.03 bits per heavy atom. The summed E-state index contributed by atoms with van der Waals surface area (Å²) in [5.41, 5.74) is 2.95.